The van der Waals surface area contributed by atoms with Crippen LogP contribution < -0.4 is 5.32 Å². The van der Waals surface area contributed by atoms with Crippen molar-refractivity contribution >= 4 is 53.5 Å². The molecule has 0 radical (unpaired) electrons. The van der Waals surface area contributed by atoms with Crippen molar-refractivity contribution in [2.75, 3.05) is 5.32 Å². The summed E-state index contributed by atoms with van der Waals surface area (Å²) in [4.78, 5) is 0. The molecule has 0 saturated heterocycles. The standard InChI is InChI=1S/C14H9Br3F3N/c15-10-4-9(14(18,19)20)5-11(6-10)21-7-8-1-2-12(16)13(17)3-8/h1-6,21H,7H2. The Balaban J connectivity index is 2.16. The summed E-state index contributed by atoms with van der Waals surface area (Å²) in [6.07, 6.45) is -4.36. The van der Waals surface area contributed by atoms with Gasteiger partial charge in [0.2, 0.25) is 0 Å². The predicted molar refractivity (Wildman–Crippen MR) is 88.3 cm³/mol. The van der Waals surface area contributed by atoms with Crippen LogP contribution in [0.25, 0.3) is 0 Å². The number of nitrogens with one attached hydrogen (secondary N) is 1. The molecule has 112 valence electrons. The zero-order valence-corrected chi connectivity index (χ0v) is 15.2. The number of alkyl halides is 3. The van der Waals surface area contributed by atoms with Crippen LogP contribution in [0.1, 0.15) is 11.1 Å². The molecule has 1 nitrogen and oxygen atoms in total. The molecule has 0 aliphatic heterocycles. The van der Waals surface area contributed by atoms with Crippen molar-refractivity contribution in [3.63, 3.8) is 0 Å². The molecular weight excluding hydrogens is 479 g/mol. The second-order valence-electron chi connectivity index (χ2n) is 4.33. The number of hydrogen-bond acceptors (Lipinski definition) is 1. The van der Waals surface area contributed by atoms with Crippen LogP contribution in [-0.2, 0) is 12.7 Å². The van der Waals surface area contributed by atoms with Crippen LogP contribution in [-0.4, -0.2) is 0 Å². The third-order valence-corrected chi connectivity index (χ3v) is 5.04. The van der Waals surface area contributed by atoms with E-state index in [1.807, 2.05) is 18.2 Å². The first kappa shape index (κ1) is 16.8. The normalized spacial score (nSPS) is 11.5. The van der Waals surface area contributed by atoms with E-state index >= 15 is 0 Å². The summed E-state index contributed by atoms with van der Waals surface area (Å²) >= 11 is 9.86. The number of anilines is 1. The van der Waals surface area contributed by atoms with Crippen LogP contribution in [0.5, 0.6) is 0 Å². The van der Waals surface area contributed by atoms with Crippen LogP contribution in [0.3, 0.4) is 0 Å². The molecule has 2 aromatic rings. The topological polar surface area (TPSA) is 12.0 Å². The molecule has 2 rings (SSSR count). The van der Waals surface area contributed by atoms with E-state index in [1.54, 1.807) is 6.07 Å². The fourth-order valence-corrected chi connectivity index (χ4v) is 2.88. The van der Waals surface area contributed by atoms with Crippen LogP contribution in [0.4, 0.5) is 18.9 Å². The average molecular weight is 488 g/mol. The molecule has 0 aliphatic rings. The Labute approximate surface area is 145 Å². The van der Waals surface area contributed by atoms with Gasteiger partial charge in [-0.05, 0) is 67.8 Å². The van der Waals surface area contributed by atoms with Gasteiger partial charge < -0.3 is 5.32 Å². The van der Waals surface area contributed by atoms with Gasteiger partial charge in [0, 0.05) is 25.7 Å². The Bertz CT molecular complexity index is 656. The van der Waals surface area contributed by atoms with Gasteiger partial charge in [-0.1, -0.05) is 22.0 Å². The zero-order valence-electron chi connectivity index (χ0n) is 10.4. The van der Waals surface area contributed by atoms with Crippen molar-refractivity contribution in [1.29, 1.82) is 0 Å². The lowest BCUT2D eigenvalue weighted by Crippen LogP contribution is -2.07. The maximum atomic E-state index is 12.7. The number of hydrogen-bond donors (Lipinski definition) is 1. The Morgan fingerprint density at radius 1 is 0.905 bits per heavy atom. The molecule has 0 aliphatic carbocycles. The Hall–Kier alpha value is -0.530. The Kier molecular flexibility index (Phi) is 5.38. The summed E-state index contributed by atoms with van der Waals surface area (Å²) in [5.41, 5.74) is 0.686. The average Bonchev–Trinajstić information content (AvgIpc) is 2.38. The summed E-state index contributed by atoms with van der Waals surface area (Å²) in [5.74, 6) is 0. The maximum Gasteiger partial charge on any atom is 0.416 e. The summed E-state index contributed by atoms with van der Waals surface area (Å²) < 4.78 is 40.5. The molecular formula is C14H9Br3F3N. The summed E-state index contributed by atoms with van der Waals surface area (Å²) in [6.45, 7) is 0.430. The van der Waals surface area contributed by atoms with Gasteiger partial charge in [0.1, 0.15) is 0 Å². The van der Waals surface area contributed by atoms with E-state index in [0.717, 1.165) is 26.6 Å². The summed E-state index contributed by atoms with van der Waals surface area (Å²) in [6, 6.07) is 9.44. The van der Waals surface area contributed by atoms with E-state index in [1.165, 1.54) is 0 Å². The number of halogens is 6. The highest BCUT2D eigenvalue weighted by molar-refractivity contribution is 9.13. The fourth-order valence-electron chi connectivity index (χ4n) is 1.71. The minimum Gasteiger partial charge on any atom is -0.381 e. The van der Waals surface area contributed by atoms with Crippen LogP contribution >= 0.6 is 47.8 Å². The molecule has 0 spiro atoms. The minimum atomic E-state index is -4.36. The third-order valence-electron chi connectivity index (χ3n) is 2.71. The lowest BCUT2D eigenvalue weighted by molar-refractivity contribution is -0.137. The molecule has 0 heterocycles. The van der Waals surface area contributed by atoms with Gasteiger partial charge in [0.15, 0.2) is 0 Å². The Morgan fingerprint density at radius 3 is 2.24 bits per heavy atom. The molecule has 21 heavy (non-hydrogen) atoms. The molecule has 2 aromatic carbocycles. The lowest BCUT2D eigenvalue weighted by atomic mass is 10.2. The molecule has 0 aromatic heterocycles. The molecule has 0 atom stereocenters. The molecule has 0 amide bonds. The monoisotopic (exact) mass is 485 g/mol. The maximum absolute atomic E-state index is 12.7. The minimum absolute atomic E-state index is 0.386. The third kappa shape index (κ3) is 4.72. The Morgan fingerprint density at radius 2 is 1.62 bits per heavy atom. The van der Waals surface area contributed by atoms with Crippen LogP contribution in [0.15, 0.2) is 49.8 Å². The van der Waals surface area contributed by atoms with Gasteiger partial charge in [-0.25, -0.2) is 0 Å². The van der Waals surface area contributed by atoms with Gasteiger partial charge in [0.05, 0.1) is 5.56 Å². The fraction of sp³-hybridized carbons (Fsp3) is 0.143. The summed E-state index contributed by atoms with van der Waals surface area (Å²) in [5, 5.41) is 2.99. The molecule has 0 unspecified atom stereocenters. The van der Waals surface area contributed by atoms with Crippen molar-refractivity contribution < 1.29 is 13.2 Å². The molecule has 0 fully saturated rings. The molecule has 7 heteroatoms. The number of benzene rings is 2. The highest BCUT2D eigenvalue weighted by Gasteiger charge is 2.31. The second kappa shape index (κ2) is 6.71. The van der Waals surface area contributed by atoms with Crippen molar-refractivity contribution in [1.82, 2.24) is 0 Å². The van der Waals surface area contributed by atoms with E-state index in [-0.39, 0.29) is 0 Å². The van der Waals surface area contributed by atoms with Gasteiger partial charge >= 0.3 is 6.18 Å². The van der Waals surface area contributed by atoms with Crippen molar-refractivity contribution in [3.05, 3.63) is 60.9 Å². The second-order valence-corrected chi connectivity index (χ2v) is 6.95. The predicted octanol–water partition coefficient (Wildman–Crippen LogP) is 6.61. The van der Waals surface area contributed by atoms with E-state index < -0.39 is 11.7 Å². The quantitative estimate of drug-likeness (QED) is 0.514. The zero-order chi connectivity index (χ0) is 15.6. The van der Waals surface area contributed by atoms with Gasteiger partial charge in [-0.2, -0.15) is 13.2 Å². The van der Waals surface area contributed by atoms with E-state index in [4.69, 9.17) is 0 Å². The van der Waals surface area contributed by atoms with Gasteiger partial charge in [-0.15, -0.1) is 0 Å². The number of rotatable bonds is 3. The lowest BCUT2D eigenvalue weighted by Gasteiger charge is -2.12. The van der Waals surface area contributed by atoms with Crippen molar-refractivity contribution in [2.24, 2.45) is 0 Å². The van der Waals surface area contributed by atoms with Gasteiger partial charge in [-0.3, -0.25) is 0 Å². The first-order chi connectivity index (χ1) is 9.75. The van der Waals surface area contributed by atoms with E-state index in [2.05, 4.69) is 53.1 Å². The van der Waals surface area contributed by atoms with Crippen molar-refractivity contribution in [3.8, 4) is 0 Å². The highest BCUT2D eigenvalue weighted by Crippen LogP contribution is 2.33. The SMILES string of the molecule is FC(F)(F)c1cc(Br)cc(NCc2ccc(Br)c(Br)c2)c1. The molecule has 0 bridgehead atoms. The largest absolute Gasteiger partial charge is 0.416 e. The van der Waals surface area contributed by atoms with E-state index in [9.17, 15) is 13.2 Å². The first-order valence-corrected chi connectivity index (χ1v) is 8.19. The summed E-state index contributed by atoms with van der Waals surface area (Å²) in [7, 11) is 0. The van der Waals surface area contributed by atoms with Crippen LogP contribution in [0.2, 0.25) is 0 Å². The smallest absolute Gasteiger partial charge is 0.381 e. The van der Waals surface area contributed by atoms with E-state index in [0.29, 0.717) is 16.7 Å². The van der Waals surface area contributed by atoms with Gasteiger partial charge in [0.25, 0.3) is 0 Å². The first-order valence-electron chi connectivity index (χ1n) is 5.81. The molecule has 0 saturated carbocycles. The van der Waals surface area contributed by atoms with Crippen molar-refractivity contribution in [2.45, 2.75) is 12.7 Å². The molecule has 1 N–H and O–H groups in total. The van der Waals surface area contributed by atoms with Crippen LogP contribution in [0, 0.1) is 0 Å². The highest BCUT2D eigenvalue weighted by atomic mass is 79.9.